The van der Waals surface area contributed by atoms with Crippen molar-refractivity contribution < 1.29 is 9.42 Å². The standard InChI is InChI=1S/C21H25N9O2/c22-19-20(27-32-26-19)30-17(13-29-11-4-1-5-12-29)18(24-28-30)21(31)25-23-16-10-6-8-14-7-2-3-9-15(14)16/h2-3,7,9H,1,4-6,8,10-13H2,(H2,22,26)(H,25,31). The molecular weight excluding hydrogens is 410 g/mol. The van der Waals surface area contributed by atoms with Crippen LogP contribution in [-0.4, -0.2) is 54.9 Å². The van der Waals surface area contributed by atoms with Gasteiger partial charge >= 0.3 is 0 Å². The van der Waals surface area contributed by atoms with Crippen LogP contribution in [0.25, 0.3) is 5.82 Å². The Kier molecular flexibility index (Phi) is 5.63. The van der Waals surface area contributed by atoms with Crippen molar-refractivity contribution in [2.75, 3.05) is 18.8 Å². The van der Waals surface area contributed by atoms with Crippen LogP contribution in [0.1, 0.15) is 59.4 Å². The Hall–Kier alpha value is -3.60. The number of carbonyl (C=O) groups excluding carboxylic acids is 1. The van der Waals surface area contributed by atoms with Crippen LogP contribution in [0, 0.1) is 0 Å². The molecule has 1 aromatic carbocycles. The lowest BCUT2D eigenvalue weighted by atomic mass is 9.90. The van der Waals surface area contributed by atoms with Crippen molar-refractivity contribution in [2.45, 2.75) is 45.1 Å². The van der Waals surface area contributed by atoms with Gasteiger partial charge in [0, 0.05) is 12.1 Å². The smallest absolute Gasteiger partial charge is 0.293 e. The maximum absolute atomic E-state index is 13.1. The van der Waals surface area contributed by atoms with Crippen LogP contribution in [0.5, 0.6) is 0 Å². The van der Waals surface area contributed by atoms with Gasteiger partial charge in [-0.1, -0.05) is 35.9 Å². The highest BCUT2D eigenvalue weighted by atomic mass is 16.6. The molecule has 11 heteroatoms. The molecular formula is C21H25N9O2. The van der Waals surface area contributed by atoms with Crippen molar-refractivity contribution in [2.24, 2.45) is 5.10 Å². The lowest BCUT2D eigenvalue weighted by molar-refractivity contribution is 0.0947. The normalized spacial score (nSPS) is 17.9. The van der Waals surface area contributed by atoms with E-state index in [-0.39, 0.29) is 17.3 Å². The van der Waals surface area contributed by atoms with Gasteiger partial charge in [-0.15, -0.1) is 5.10 Å². The lowest BCUT2D eigenvalue weighted by Crippen LogP contribution is -2.31. The van der Waals surface area contributed by atoms with Gasteiger partial charge in [0.05, 0.1) is 11.4 Å². The van der Waals surface area contributed by atoms with Crippen molar-refractivity contribution in [3.05, 3.63) is 46.8 Å². The number of nitrogens with zero attached hydrogens (tertiary/aromatic N) is 7. The third kappa shape index (κ3) is 3.98. The molecule has 2 aromatic heterocycles. The van der Waals surface area contributed by atoms with Gasteiger partial charge in [-0.25, -0.2) is 10.1 Å². The van der Waals surface area contributed by atoms with Crippen LogP contribution >= 0.6 is 0 Å². The van der Waals surface area contributed by atoms with Gasteiger partial charge in [-0.05, 0) is 61.1 Å². The first-order chi connectivity index (χ1) is 15.7. The number of anilines is 1. The number of piperidine rings is 1. The molecule has 11 nitrogen and oxygen atoms in total. The number of nitrogens with two attached hydrogens (primary N) is 1. The molecule has 1 aliphatic carbocycles. The monoisotopic (exact) mass is 435 g/mol. The number of benzene rings is 1. The largest absolute Gasteiger partial charge is 0.378 e. The second-order valence-electron chi connectivity index (χ2n) is 8.12. The van der Waals surface area contributed by atoms with Crippen molar-refractivity contribution in [3.63, 3.8) is 0 Å². The molecule has 2 aliphatic rings. The number of nitrogen functional groups attached to an aromatic ring is 1. The summed E-state index contributed by atoms with van der Waals surface area (Å²) in [4.78, 5) is 15.4. The predicted molar refractivity (Wildman–Crippen MR) is 116 cm³/mol. The Morgan fingerprint density at radius 3 is 2.78 bits per heavy atom. The maximum atomic E-state index is 13.1. The number of nitrogens with one attached hydrogen (secondary N) is 1. The number of aromatic nitrogens is 5. The molecule has 0 saturated carbocycles. The Bertz CT molecular complexity index is 1140. The van der Waals surface area contributed by atoms with E-state index in [0.29, 0.717) is 12.2 Å². The summed E-state index contributed by atoms with van der Waals surface area (Å²) in [5.41, 5.74) is 12.5. The minimum Gasteiger partial charge on any atom is -0.378 e. The fraction of sp³-hybridized carbons (Fsp3) is 0.429. The van der Waals surface area contributed by atoms with E-state index >= 15 is 0 Å². The zero-order chi connectivity index (χ0) is 21.9. The second kappa shape index (κ2) is 8.87. The number of carbonyl (C=O) groups is 1. The molecule has 1 saturated heterocycles. The Morgan fingerprint density at radius 1 is 1.12 bits per heavy atom. The quantitative estimate of drug-likeness (QED) is 0.577. The van der Waals surface area contributed by atoms with Gasteiger partial charge < -0.3 is 5.73 Å². The average molecular weight is 435 g/mol. The fourth-order valence-corrected chi connectivity index (χ4v) is 4.35. The molecule has 166 valence electrons. The van der Waals surface area contributed by atoms with E-state index in [9.17, 15) is 4.79 Å². The fourth-order valence-electron chi connectivity index (χ4n) is 4.35. The van der Waals surface area contributed by atoms with Gasteiger partial charge in [0.25, 0.3) is 5.91 Å². The molecule has 1 aliphatic heterocycles. The van der Waals surface area contributed by atoms with Crippen LogP contribution in [0.4, 0.5) is 5.82 Å². The summed E-state index contributed by atoms with van der Waals surface area (Å²) in [6, 6.07) is 8.15. The summed E-state index contributed by atoms with van der Waals surface area (Å²) in [6.07, 6.45) is 6.27. The molecule has 3 heterocycles. The first-order valence-corrected chi connectivity index (χ1v) is 10.9. The Labute approximate surface area is 184 Å². The highest BCUT2D eigenvalue weighted by Crippen LogP contribution is 2.22. The zero-order valence-corrected chi connectivity index (χ0v) is 17.7. The number of aryl methyl sites for hydroxylation is 1. The molecule has 1 amide bonds. The highest BCUT2D eigenvalue weighted by Gasteiger charge is 2.26. The molecule has 3 aromatic rings. The van der Waals surface area contributed by atoms with E-state index in [1.54, 1.807) is 0 Å². The maximum Gasteiger partial charge on any atom is 0.293 e. The molecule has 3 N–H and O–H groups in total. The molecule has 1 fully saturated rings. The van der Waals surface area contributed by atoms with Crippen LogP contribution < -0.4 is 11.2 Å². The van der Waals surface area contributed by atoms with Gasteiger partial charge in [0.2, 0.25) is 11.6 Å². The molecule has 5 rings (SSSR count). The van der Waals surface area contributed by atoms with Crippen molar-refractivity contribution in [3.8, 4) is 5.82 Å². The van der Waals surface area contributed by atoms with Gasteiger partial charge in [-0.3, -0.25) is 9.69 Å². The SMILES string of the molecule is Nc1nonc1-n1nnc(C(=O)NN=C2CCCc3ccccc32)c1CN1CCCCC1. The first-order valence-electron chi connectivity index (χ1n) is 10.9. The minimum absolute atomic E-state index is 0.0841. The third-order valence-electron chi connectivity index (χ3n) is 5.98. The number of fused-ring (bicyclic) bond motifs is 1. The summed E-state index contributed by atoms with van der Waals surface area (Å²) >= 11 is 0. The van der Waals surface area contributed by atoms with E-state index in [2.05, 4.69) is 42.1 Å². The van der Waals surface area contributed by atoms with Gasteiger partial charge in [0.15, 0.2) is 5.69 Å². The van der Waals surface area contributed by atoms with Crippen LogP contribution in [0.15, 0.2) is 34.0 Å². The summed E-state index contributed by atoms with van der Waals surface area (Å²) in [5.74, 6) is -0.120. The summed E-state index contributed by atoms with van der Waals surface area (Å²) < 4.78 is 6.15. The van der Waals surface area contributed by atoms with E-state index < -0.39 is 5.91 Å². The minimum atomic E-state index is -0.422. The molecule has 32 heavy (non-hydrogen) atoms. The molecule has 0 spiro atoms. The number of hydrogen-bond donors (Lipinski definition) is 2. The van der Waals surface area contributed by atoms with Crippen molar-refractivity contribution in [1.82, 2.24) is 35.6 Å². The number of hydrogen-bond acceptors (Lipinski definition) is 9. The summed E-state index contributed by atoms with van der Waals surface area (Å²) in [7, 11) is 0. The van der Waals surface area contributed by atoms with Crippen molar-refractivity contribution in [1.29, 1.82) is 0 Å². The third-order valence-corrected chi connectivity index (χ3v) is 5.98. The van der Waals surface area contributed by atoms with Crippen LogP contribution in [-0.2, 0) is 13.0 Å². The number of amides is 1. The Balaban J connectivity index is 1.43. The Morgan fingerprint density at radius 2 is 1.97 bits per heavy atom. The zero-order valence-electron chi connectivity index (χ0n) is 17.7. The van der Waals surface area contributed by atoms with Crippen LogP contribution in [0.3, 0.4) is 0 Å². The topological polar surface area (TPSA) is 140 Å². The molecule has 0 bridgehead atoms. The number of hydrazone groups is 1. The van der Waals surface area contributed by atoms with Gasteiger partial charge in [0.1, 0.15) is 0 Å². The summed E-state index contributed by atoms with van der Waals surface area (Å²) in [5, 5.41) is 20.1. The first kappa shape index (κ1) is 20.3. The molecule has 0 radical (unpaired) electrons. The van der Waals surface area contributed by atoms with Crippen molar-refractivity contribution >= 4 is 17.4 Å². The van der Waals surface area contributed by atoms with E-state index in [1.807, 2.05) is 18.2 Å². The predicted octanol–water partition coefficient (Wildman–Crippen LogP) is 1.69. The van der Waals surface area contributed by atoms with Crippen LogP contribution in [0.2, 0.25) is 0 Å². The highest BCUT2D eigenvalue weighted by molar-refractivity contribution is 6.03. The van der Waals surface area contributed by atoms with Gasteiger partial charge in [-0.2, -0.15) is 9.78 Å². The summed E-state index contributed by atoms with van der Waals surface area (Å²) in [6.45, 7) is 2.37. The lowest BCUT2D eigenvalue weighted by Gasteiger charge is -2.26. The number of likely N-dealkylation sites (tertiary alicyclic amines) is 1. The van der Waals surface area contributed by atoms with E-state index in [4.69, 9.17) is 10.4 Å². The molecule has 0 unspecified atom stereocenters. The second-order valence-corrected chi connectivity index (χ2v) is 8.12. The molecule has 0 atom stereocenters. The average Bonchev–Trinajstić information content (AvgIpc) is 3.43. The van der Waals surface area contributed by atoms with E-state index in [1.165, 1.54) is 16.7 Å². The van der Waals surface area contributed by atoms with E-state index in [0.717, 1.165) is 56.5 Å². The number of rotatable bonds is 5.